The van der Waals surface area contributed by atoms with E-state index in [2.05, 4.69) is 25.6 Å². The monoisotopic (exact) mass is 554 g/mol. The highest BCUT2D eigenvalue weighted by Crippen LogP contribution is 2.35. The third-order valence-corrected chi connectivity index (χ3v) is 7.95. The van der Waals surface area contributed by atoms with Gasteiger partial charge in [-0.1, -0.05) is 12.1 Å². The van der Waals surface area contributed by atoms with Crippen molar-refractivity contribution in [2.75, 3.05) is 5.32 Å². The first kappa shape index (κ1) is 26.1. The molecule has 0 aliphatic heterocycles. The van der Waals surface area contributed by atoms with E-state index in [0.29, 0.717) is 11.4 Å². The van der Waals surface area contributed by atoms with Crippen LogP contribution in [0.1, 0.15) is 27.4 Å². The van der Waals surface area contributed by atoms with Gasteiger partial charge in [0.05, 0.1) is 33.8 Å². The zero-order valence-electron chi connectivity index (χ0n) is 20.9. The highest BCUT2D eigenvalue weighted by molar-refractivity contribution is 7.90. The molecule has 0 aliphatic rings. The summed E-state index contributed by atoms with van der Waals surface area (Å²) in [6.45, 7) is 3.22. The number of pyridine rings is 1. The van der Waals surface area contributed by atoms with Gasteiger partial charge in [0.2, 0.25) is 0 Å². The Morgan fingerprint density at radius 3 is 2.51 bits per heavy atom. The molecule has 0 unspecified atom stereocenters. The highest BCUT2D eigenvalue weighted by Gasteiger charge is 2.26. The number of hydrogen-bond acceptors (Lipinski definition) is 6. The Hall–Kier alpha value is -4.52. The summed E-state index contributed by atoms with van der Waals surface area (Å²) in [7, 11) is -2.39. The summed E-state index contributed by atoms with van der Waals surface area (Å²) in [6, 6.07) is 7.20. The number of benzene rings is 2. The van der Waals surface area contributed by atoms with E-state index in [1.54, 1.807) is 20.2 Å². The van der Waals surface area contributed by atoms with E-state index in [1.165, 1.54) is 36.0 Å². The Kier molecular flexibility index (Phi) is 6.46. The first-order valence-electron chi connectivity index (χ1n) is 11.6. The second-order valence-electron chi connectivity index (χ2n) is 8.97. The summed E-state index contributed by atoms with van der Waals surface area (Å²) in [6.07, 6.45) is 2.98. The Bertz CT molecular complexity index is 1880. The molecule has 0 fully saturated rings. The van der Waals surface area contributed by atoms with Gasteiger partial charge >= 0.3 is 0 Å². The second-order valence-corrected chi connectivity index (χ2v) is 10.9. The zero-order valence-corrected chi connectivity index (χ0v) is 21.7. The van der Waals surface area contributed by atoms with Crippen molar-refractivity contribution in [1.82, 2.24) is 25.0 Å². The molecule has 1 amide bonds. The van der Waals surface area contributed by atoms with Crippen LogP contribution in [0.25, 0.3) is 22.0 Å². The average Bonchev–Trinajstić information content (AvgIpc) is 3.48. The van der Waals surface area contributed by atoms with E-state index in [0.717, 1.165) is 18.2 Å². The minimum absolute atomic E-state index is 0.0674. The molecule has 0 saturated carbocycles. The SMILES string of the molecule is Cc1ccc(S(=O)(=O)Cc2ccc(F)c(-c3ccc4c(C(=O)Nc5cnn(C)c5)[nH]nc4c3F)c2F)c(C)n1. The lowest BCUT2D eigenvalue weighted by Gasteiger charge is -2.13. The van der Waals surface area contributed by atoms with Gasteiger partial charge in [-0.2, -0.15) is 10.2 Å². The maximum absolute atomic E-state index is 15.6. The maximum Gasteiger partial charge on any atom is 0.274 e. The van der Waals surface area contributed by atoms with Crippen molar-refractivity contribution in [1.29, 1.82) is 0 Å². The molecular formula is C26H21F3N6O3S. The number of aryl methyl sites for hydroxylation is 3. The summed E-state index contributed by atoms with van der Waals surface area (Å²) in [5.41, 5.74) is -0.691. The Morgan fingerprint density at radius 1 is 1.05 bits per heavy atom. The van der Waals surface area contributed by atoms with Gasteiger partial charge in [0.1, 0.15) is 22.8 Å². The van der Waals surface area contributed by atoms with Gasteiger partial charge in [-0.3, -0.25) is 19.6 Å². The molecule has 0 radical (unpaired) electrons. The van der Waals surface area contributed by atoms with E-state index in [-0.39, 0.29) is 32.7 Å². The number of H-pyrrole nitrogens is 1. The maximum atomic E-state index is 15.6. The molecule has 0 saturated heterocycles. The van der Waals surface area contributed by atoms with Gasteiger partial charge in [-0.25, -0.2) is 21.6 Å². The second kappa shape index (κ2) is 9.66. The van der Waals surface area contributed by atoms with Gasteiger partial charge in [0.25, 0.3) is 5.91 Å². The molecule has 5 rings (SSSR count). The van der Waals surface area contributed by atoms with Gasteiger partial charge < -0.3 is 5.32 Å². The third-order valence-electron chi connectivity index (χ3n) is 6.15. The van der Waals surface area contributed by atoms with Crippen molar-refractivity contribution in [2.24, 2.45) is 7.05 Å². The van der Waals surface area contributed by atoms with Crippen molar-refractivity contribution in [2.45, 2.75) is 24.5 Å². The molecule has 13 heteroatoms. The van der Waals surface area contributed by atoms with Crippen LogP contribution in [0.5, 0.6) is 0 Å². The minimum atomic E-state index is -4.06. The third kappa shape index (κ3) is 4.76. The van der Waals surface area contributed by atoms with Crippen LogP contribution in [0.2, 0.25) is 0 Å². The molecule has 200 valence electrons. The van der Waals surface area contributed by atoms with Crippen molar-refractivity contribution in [3.63, 3.8) is 0 Å². The number of nitrogens with zero attached hydrogens (tertiary/aromatic N) is 4. The Labute approximate surface area is 220 Å². The number of aromatic amines is 1. The molecule has 0 spiro atoms. The molecule has 5 aromatic rings. The zero-order chi connectivity index (χ0) is 28.1. The van der Waals surface area contributed by atoms with Gasteiger partial charge in [-0.15, -0.1) is 0 Å². The van der Waals surface area contributed by atoms with Crippen molar-refractivity contribution >= 4 is 32.3 Å². The number of nitrogens with one attached hydrogen (secondary N) is 2. The van der Waals surface area contributed by atoms with Crippen molar-refractivity contribution in [3.05, 3.63) is 88.9 Å². The summed E-state index contributed by atoms with van der Waals surface area (Å²) in [4.78, 5) is 16.7. The lowest BCUT2D eigenvalue weighted by Crippen LogP contribution is -2.12. The fourth-order valence-electron chi connectivity index (χ4n) is 4.33. The van der Waals surface area contributed by atoms with Crippen LogP contribution in [0, 0.1) is 31.3 Å². The number of halogens is 3. The number of carbonyl (C=O) groups is 1. The van der Waals surface area contributed by atoms with Crippen molar-refractivity contribution in [3.8, 4) is 11.1 Å². The molecule has 0 aliphatic carbocycles. The van der Waals surface area contributed by atoms with Crippen LogP contribution >= 0.6 is 0 Å². The summed E-state index contributed by atoms with van der Waals surface area (Å²) in [5, 5.41) is 12.9. The minimum Gasteiger partial charge on any atom is -0.318 e. The number of rotatable bonds is 6. The lowest BCUT2D eigenvalue weighted by atomic mass is 9.99. The Morgan fingerprint density at radius 2 is 1.82 bits per heavy atom. The molecule has 2 N–H and O–H groups in total. The molecule has 9 nitrogen and oxygen atoms in total. The van der Waals surface area contributed by atoms with E-state index in [9.17, 15) is 17.6 Å². The smallest absolute Gasteiger partial charge is 0.274 e. The number of carbonyl (C=O) groups excluding carboxylic acids is 1. The van der Waals surface area contributed by atoms with Gasteiger partial charge in [0.15, 0.2) is 15.7 Å². The normalized spacial score (nSPS) is 11.7. The van der Waals surface area contributed by atoms with Crippen LogP contribution in [-0.4, -0.2) is 39.3 Å². The van der Waals surface area contributed by atoms with Crippen LogP contribution in [-0.2, 0) is 22.6 Å². The molecule has 3 aromatic heterocycles. The molecule has 0 atom stereocenters. The molecule has 3 heterocycles. The van der Waals surface area contributed by atoms with E-state index >= 15 is 8.78 Å². The highest BCUT2D eigenvalue weighted by atomic mass is 32.2. The molecule has 2 aromatic carbocycles. The largest absolute Gasteiger partial charge is 0.318 e. The van der Waals surface area contributed by atoms with Crippen LogP contribution < -0.4 is 5.32 Å². The molecule has 0 bridgehead atoms. The lowest BCUT2D eigenvalue weighted by molar-refractivity contribution is 0.102. The fraction of sp³-hybridized carbons (Fsp3) is 0.154. The number of anilines is 1. The van der Waals surface area contributed by atoms with Gasteiger partial charge in [-0.05, 0) is 38.1 Å². The van der Waals surface area contributed by atoms with E-state index in [4.69, 9.17) is 0 Å². The molecular weight excluding hydrogens is 533 g/mol. The Balaban J connectivity index is 1.52. The van der Waals surface area contributed by atoms with E-state index < -0.39 is 50.1 Å². The number of amides is 1. The van der Waals surface area contributed by atoms with Crippen LogP contribution in [0.3, 0.4) is 0 Å². The first-order chi connectivity index (χ1) is 18.5. The number of aromatic nitrogens is 5. The number of sulfone groups is 1. The fourth-order valence-corrected chi connectivity index (χ4v) is 5.89. The first-order valence-corrected chi connectivity index (χ1v) is 13.2. The quantitative estimate of drug-likeness (QED) is 0.316. The topological polar surface area (TPSA) is 123 Å². The van der Waals surface area contributed by atoms with Crippen LogP contribution in [0.4, 0.5) is 18.9 Å². The van der Waals surface area contributed by atoms with Crippen molar-refractivity contribution < 1.29 is 26.4 Å². The predicted molar refractivity (Wildman–Crippen MR) is 137 cm³/mol. The summed E-state index contributed by atoms with van der Waals surface area (Å²) in [5.74, 6) is -4.81. The van der Waals surface area contributed by atoms with E-state index in [1.807, 2.05) is 0 Å². The predicted octanol–water partition coefficient (Wildman–Crippen LogP) is 4.62. The standard InChI is InChI=1S/C26H21F3N6O3S/c1-13-4-9-20(14(2)31-13)39(37,38)12-15-5-8-19(27)21(22(15)28)17-6-7-18-24(23(17)29)33-34-25(18)26(36)32-16-10-30-35(3)11-16/h4-11H,12H2,1-3H3,(H,32,36)(H,33,34). The summed E-state index contributed by atoms with van der Waals surface area (Å²) >= 11 is 0. The number of fused-ring (bicyclic) bond motifs is 1. The average molecular weight is 555 g/mol. The number of hydrogen-bond donors (Lipinski definition) is 2. The summed E-state index contributed by atoms with van der Waals surface area (Å²) < 4.78 is 73.6. The van der Waals surface area contributed by atoms with Gasteiger partial charge in [0, 0.05) is 35.5 Å². The molecule has 39 heavy (non-hydrogen) atoms. The van der Waals surface area contributed by atoms with Crippen LogP contribution in [0.15, 0.2) is 53.7 Å².